The Kier molecular flexibility index (Phi) is 11.3. The molecule has 0 aliphatic heterocycles. The number of methoxy groups -OCH3 is 1. The van der Waals surface area contributed by atoms with Gasteiger partial charge in [-0.25, -0.2) is 9.59 Å². The van der Waals surface area contributed by atoms with Gasteiger partial charge in [0.2, 0.25) is 0 Å². The molecule has 0 aliphatic carbocycles. The third-order valence-electron chi connectivity index (χ3n) is 6.74. The lowest BCUT2D eigenvalue weighted by atomic mass is 10.1. The Labute approximate surface area is 270 Å². The number of amides is 1. The van der Waals surface area contributed by atoms with E-state index in [9.17, 15) is 40.7 Å². The largest absolute Gasteiger partial charge is 0.497 e. The van der Waals surface area contributed by atoms with Crippen molar-refractivity contribution in [3.05, 3.63) is 95.2 Å². The zero-order valence-corrected chi connectivity index (χ0v) is 26.1. The molecule has 0 saturated carbocycles. The predicted octanol–water partition coefficient (Wildman–Crippen LogP) is 5.29. The van der Waals surface area contributed by atoms with E-state index < -0.39 is 24.3 Å². The van der Waals surface area contributed by atoms with Crippen LogP contribution in [0.2, 0.25) is 0 Å². The summed E-state index contributed by atoms with van der Waals surface area (Å²) in [5.41, 5.74) is 11.0. The number of nitrogen functional groups attached to an aromatic ring is 1. The number of esters is 2. The van der Waals surface area contributed by atoms with Crippen LogP contribution in [0.15, 0.2) is 72.8 Å². The fraction of sp³-hybridized carbons (Fsp3) is 0.250. The molecule has 10 nitrogen and oxygen atoms in total. The first-order valence-electron chi connectivity index (χ1n) is 13.9. The van der Waals surface area contributed by atoms with Crippen LogP contribution in [0.1, 0.15) is 27.2 Å². The first-order valence-corrected chi connectivity index (χ1v) is 13.9. The molecule has 0 radical (unpaired) electrons. The number of quaternary nitrogens is 1. The Morgan fingerprint density at radius 1 is 0.854 bits per heavy atom. The number of hydrogen-bond donors (Lipinski definition) is 3. The van der Waals surface area contributed by atoms with Crippen LogP contribution in [0.5, 0.6) is 5.75 Å². The Balaban J connectivity index is 0.000000408. The molecule has 4 aromatic rings. The maximum Gasteiger partial charge on any atom is 0.491 e. The average molecular weight is 681 g/mol. The quantitative estimate of drug-likeness (QED) is 0.0578. The highest BCUT2D eigenvalue weighted by Gasteiger charge is 2.49. The van der Waals surface area contributed by atoms with Crippen LogP contribution in [0.25, 0.3) is 10.9 Å². The highest BCUT2D eigenvalue weighted by Crippen LogP contribution is 2.27. The van der Waals surface area contributed by atoms with Crippen molar-refractivity contribution in [2.45, 2.75) is 25.4 Å². The number of halogens is 6. The summed E-state index contributed by atoms with van der Waals surface area (Å²) in [6, 6.07) is 23.5. The Morgan fingerprint density at radius 2 is 1.46 bits per heavy atom. The first-order chi connectivity index (χ1) is 22.2. The van der Waals surface area contributed by atoms with E-state index in [1.807, 2.05) is 59.2 Å². The van der Waals surface area contributed by atoms with Crippen molar-refractivity contribution in [2.24, 2.45) is 5.73 Å². The maximum absolute atomic E-state index is 13.3. The number of aromatic nitrogens is 1. The predicted molar refractivity (Wildman–Crippen MR) is 165 cm³/mol. The Bertz CT molecular complexity index is 1790. The number of nitrogens with one attached hydrogen (secondary N) is 2. The number of ether oxygens (including phenoxy) is 2. The number of nitrogens with two attached hydrogens (primary N) is 1. The van der Waals surface area contributed by atoms with Crippen molar-refractivity contribution < 1.29 is 50.2 Å². The van der Waals surface area contributed by atoms with Crippen molar-refractivity contribution in [2.75, 3.05) is 28.3 Å². The zero-order chi connectivity index (χ0) is 36.0. The molecule has 0 unspecified atom stereocenters. The van der Waals surface area contributed by atoms with Crippen molar-refractivity contribution >= 4 is 40.3 Å². The average Bonchev–Trinajstić information content (AvgIpc) is 3.36. The van der Waals surface area contributed by atoms with Crippen LogP contribution in [0.3, 0.4) is 0 Å². The van der Waals surface area contributed by atoms with E-state index in [1.165, 1.54) is 5.69 Å². The van der Waals surface area contributed by atoms with E-state index in [1.54, 1.807) is 13.2 Å². The molecule has 0 fully saturated rings. The second-order valence-electron chi connectivity index (χ2n) is 11.2. The number of alkyl halides is 6. The van der Waals surface area contributed by atoms with Crippen molar-refractivity contribution in [1.29, 1.82) is 5.41 Å². The number of rotatable bonds is 8. The van der Waals surface area contributed by atoms with Gasteiger partial charge in [-0.1, -0.05) is 30.3 Å². The highest BCUT2D eigenvalue weighted by atomic mass is 19.4. The number of hydrogen-bond acceptors (Lipinski definition) is 6. The molecule has 0 aliphatic rings. The summed E-state index contributed by atoms with van der Waals surface area (Å²) in [6.07, 6.45) is -11.2. The van der Waals surface area contributed by atoms with E-state index in [0.717, 1.165) is 32.3 Å². The van der Waals surface area contributed by atoms with Gasteiger partial charge in [0, 0.05) is 30.1 Å². The second-order valence-corrected chi connectivity index (χ2v) is 11.2. The minimum Gasteiger partial charge on any atom is -0.497 e. The minimum absolute atomic E-state index is 0.0140. The number of fused-ring (bicyclic) bond motifs is 1. The molecule has 256 valence electrons. The van der Waals surface area contributed by atoms with Crippen LogP contribution in [-0.4, -0.2) is 68.9 Å². The van der Waals surface area contributed by atoms with Gasteiger partial charge < -0.3 is 25.1 Å². The molecular weight excluding hydrogens is 648 g/mol. The number of carbonyl (C=O) groups excluding carboxylic acids is 3. The smallest absolute Gasteiger partial charge is 0.491 e. The molecule has 0 saturated heterocycles. The summed E-state index contributed by atoms with van der Waals surface area (Å²) in [5.74, 6) is -5.82. The third kappa shape index (κ3) is 9.81. The molecule has 0 spiro atoms. The SMILES string of the molecule is COc1ccc2cc(C(=O)NCc3ccc([N+](C)(C)C)cc3)n(Cc3cccc(C(=N)N)c3)c2c1.O=C(OC(=O)C(F)(F)F)C(F)(F)F. The summed E-state index contributed by atoms with van der Waals surface area (Å²) < 4.78 is 77.8. The fourth-order valence-corrected chi connectivity index (χ4v) is 4.27. The highest BCUT2D eigenvalue weighted by molar-refractivity contribution is 5.99. The standard InChI is InChI=1S/C28H31N5O2.C4F6O3/c1-33(2,3)23-11-8-19(9-12-23)17-31-28(34)26-15-21-10-13-24(35-4)16-25(21)32(26)18-20-6-5-7-22(14-20)27(29)30;5-3(6,7)1(11)13-2(12)4(8,9)10/h5-16H,17-18H2,1-4H3,(H3-,29,30,31,34);/p+1. The van der Waals surface area contributed by atoms with Gasteiger partial charge >= 0.3 is 24.3 Å². The molecule has 1 aromatic heterocycles. The van der Waals surface area contributed by atoms with Gasteiger partial charge in [-0.3, -0.25) is 14.7 Å². The summed E-state index contributed by atoms with van der Waals surface area (Å²) in [6.45, 7) is 0.889. The molecule has 4 rings (SSSR count). The van der Waals surface area contributed by atoms with Gasteiger partial charge in [-0.05, 0) is 47.5 Å². The monoisotopic (exact) mass is 680 g/mol. The molecule has 0 bridgehead atoms. The Morgan fingerprint density at radius 3 is 1.98 bits per heavy atom. The lowest BCUT2D eigenvalue weighted by Gasteiger charge is -2.23. The van der Waals surface area contributed by atoms with E-state index in [0.29, 0.717) is 24.3 Å². The van der Waals surface area contributed by atoms with Gasteiger partial charge in [-0.15, -0.1) is 0 Å². The van der Waals surface area contributed by atoms with Crippen LogP contribution in [0.4, 0.5) is 32.0 Å². The normalized spacial score (nSPS) is 11.7. The van der Waals surface area contributed by atoms with E-state index >= 15 is 0 Å². The van der Waals surface area contributed by atoms with Gasteiger partial charge in [0.15, 0.2) is 0 Å². The number of nitrogens with zero attached hydrogens (tertiary/aromatic N) is 2. The van der Waals surface area contributed by atoms with Crippen LogP contribution >= 0.6 is 0 Å². The van der Waals surface area contributed by atoms with E-state index in [4.69, 9.17) is 15.9 Å². The molecule has 3 aromatic carbocycles. The van der Waals surface area contributed by atoms with Crippen LogP contribution in [-0.2, 0) is 27.4 Å². The van der Waals surface area contributed by atoms with Crippen molar-refractivity contribution in [3.63, 3.8) is 0 Å². The summed E-state index contributed by atoms with van der Waals surface area (Å²) in [5, 5.41) is 11.8. The van der Waals surface area contributed by atoms with Crippen LogP contribution in [0, 0.1) is 5.41 Å². The first kappa shape index (κ1) is 37.1. The molecule has 1 amide bonds. The lowest BCUT2D eigenvalue weighted by Crippen LogP contribution is -2.34. The minimum atomic E-state index is -5.62. The summed E-state index contributed by atoms with van der Waals surface area (Å²) in [4.78, 5) is 32.6. The number of benzene rings is 3. The zero-order valence-electron chi connectivity index (χ0n) is 26.1. The lowest BCUT2D eigenvalue weighted by molar-refractivity contribution is -0.221. The van der Waals surface area contributed by atoms with Gasteiger partial charge in [-0.2, -0.15) is 26.3 Å². The number of amidine groups is 1. The van der Waals surface area contributed by atoms with Gasteiger partial charge in [0.05, 0.1) is 33.8 Å². The maximum atomic E-state index is 13.3. The topological polar surface area (TPSA) is 136 Å². The van der Waals surface area contributed by atoms with Crippen molar-refractivity contribution in [3.8, 4) is 5.75 Å². The van der Waals surface area contributed by atoms with Crippen molar-refractivity contribution in [1.82, 2.24) is 14.4 Å². The second kappa shape index (κ2) is 14.6. The summed E-state index contributed by atoms with van der Waals surface area (Å²) >= 11 is 0. The third-order valence-corrected chi connectivity index (χ3v) is 6.74. The van der Waals surface area contributed by atoms with E-state index in [-0.39, 0.29) is 11.7 Å². The van der Waals surface area contributed by atoms with E-state index in [2.05, 4.69) is 43.3 Å². The molecule has 4 N–H and O–H groups in total. The van der Waals surface area contributed by atoms with Gasteiger partial charge in [0.1, 0.15) is 23.0 Å². The molecule has 1 heterocycles. The molecular formula is C32H32F6N5O5+. The summed E-state index contributed by atoms with van der Waals surface area (Å²) in [7, 11) is 7.99. The fourth-order valence-electron chi connectivity index (χ4n) is 4.27. The molecule has 48 heavy (non-hydrogen) atoms. The Hall–Kier alpha value is -5.38. The van der Waals surface area contributed by atoms with Gasteiger partial charge in [0.25, 0.3) is 5.91 Å². The molecule has 0 atom stereocenters. The molecule has 16 heteroatoms. The van der Waals surface area contributed by atoms with Crippen LogP contribution < -0.4 is 20.3 Å². The number of carbonyl (C=O) groups is 3.